The lowest BCUT2D eigenvalue weighted by atomic mass is 10.2. The lowest BCUT2D eigenvalue weighted by Gasteiger charge is -2.24. The first-order chi connectivity index (χ1) is 12.9. The van der Waals surface area contributed by atoms with Crippen molar-refractivity contribution in [2.45, 2.75) is 51.7 Å². The van der Waals surface area contributed by atoms with Gasteiger partial charge in [0, 0.05) is 31.4 Å². The van der Waals surface area contributed by atoms with Gasteiger partial charge in [-0.25, -0.2) is 8.42 Å². The van der Waals surface area contributed by atoms with Crippen LogP contribution in [0.25, 0.3) is 0 Å². The molecule has 0 aliphatic carbocycles. The molecule has 152 valence electrons. The fourth-order valence-electron chi connectivity index (χ4n) is 3.34. The second kappa shape index (κ2) is 10.7. The van der Waals surface area contributed by atoms with E-state index < -0.39 is 9.84 Å². The lowest BCUT2D eigenvalue weighted by Crippen LogP contribution is -2.43. The summed E-state index contributed by atoms with van der Waals surface area (Å²) in [6.07, 6.45) is 4.23. The summed E-state index contributed by atoms with van der Waals surface area (Å²) >= 11 is 0. The fraction of sp³-hybridized carbons (Fsp3) is 0.650. The van der Waals surface area contributed by atoms with Gasteiger partial charge in [0.1, 0.15) is 9.84 Å². The minimum Gasteiger partial charge on any atom is -0.357 e. The van der Waals surface area contributed by atoms with E-state index >= 15 is 0 Å². The number of hydrogen-bond donors (Lipinski definition) is 2. The third-order valence-electron chi connectivity index (χ3n) is 4.84. The van der Waals surface area contributed by atoms with Crippen molar-refractivity contribution >= 4 is 15.8 Å². The van der Waals surface area contributed by atoms with Gasteiger partial charge in [-0.15, -0.1) is 0 Å². The van der Waals surface area contributed by atoms with Crippen LogP contribution in [0, 0.1) is 0 Å². The summed E-state index contributed by atoms with van der Waals surface area (Å²) in [7, 11) is -2.94. The number of likely N-dealkylation sites (tertiary alicyclic amines) is 1. The molecule has 1 fully saturated rings. The van der Waals surface area contributed by atoms with Crippen molar-refractivity contribution in [3.8, 4) is 0 Å². The quantitative estimate of drug-likeness (QED) is 0.495. The van der Waals surface area contributed by atoms with E-state index in [9.17, 15) is 8.42 Å². The molecule has 0 amide bonds. The van der Waals surface area contributed by atoms with Crippen LogP contribution in [0.2, 0.25) is 0 Å². The van der Waals surface area contributed by atoms with Crippen molar-refractivity contribution in [2.75, 3.05) is 31.6 Å². The molecule has 2 N–H and O–H groups in total. The number of sulfone groups is 1. The van der Waals surface area contributed by atoms with Crippen LogP contribution < -0.4 is 10.6 Å². The van der Waals surface area contributed by atoms with E-state index in [0.717, 1.165) is 32.1 Å². The maximum Gasteiger partial charge on any atom is 0.191 e. The minimum atomic E-state index is -2.94. The Bertz CT molecular complexity index is 691. The van der Waals surface area contributed by atoms with Crippen molar-refractivity contribution in [3.05, 3.63) is 35.9 Å². The smallest absolute Gasteiger partial charge is 0.191 e. The van der Waals surface area contributed by atoms with Gasteiger partial charge in [-0.1, -0.05) is 30.3 Å². The van der Waals surface area contributed by atoms with Gasteiger partial charge < -0.3 is 10.6 Å². The SMILES string of the molecule is CCNC(=NCC1CCCN1Cc1ccccc1)NC(C)CCS(C)(=O)=O. The van der Waals surface area contributed by atoms with Gasteiger partial charge in [0.15, 0.2) is 5.96 Å². The molecule has 1 aliphatic rings. The molecule has 2 atom stereocenters. The highest BCUT2D eigenvalue weighted by Crippen LogP contribution is 2.20. The summed E-state index contributed by atoms with van der Waals surface area (Å²) in [6, 6.07) is 11.1. The molecular formula is C20H34N4O2S. The van der Waals surface area contributed by atoms with Crippen LogP contribution in [-0.4, -0.2) is 63.0 Å². The van der Waals surface area contributed by atoms with Crippen LogP contribution >= 0.6 is 0 Å². The maximum atomic E-state index is 11.4. The summed E-state index contributed by atoms with van der Waals surface area (Å²) in [5, 5.41) is 6.60. The van der Waals surface area contributed by atoms with Crippen molar-refractivity contribution in [2.24, 2.45) is 4.99 Å². The van der Waals surface area contributed by atoms with Crippen LogP contribution in [0.1, 0.15) is 38.7 Å². The zero-order valence-corrected chi connectivity index (χ0v) is 17.6. The molecular weight excluding hydrogens is 360 g/mol. The third kappa shape index (κ3) is 8.30. The Labute approximate surface area is 164 Å². The first-order valence-corrected chi connectivity index (χ1v) is 11.9. The second-order valence-electron chi connectivity index (χ2n) is 7.44. The molecule has 1 aliphatic heterocycles. The van der Waals surface area contributed by atoms with Gasteiger partial charge in [0.2, 0.25) is 0 Å². The van der Waals surface area contributed by atoms with Gasteiger partial charge in [0.25, 0.3) is 0 Å². The Hall–Kier alpha value is -1.60. The standard InChI is InChI=1S/C20H34N4O2S/c1-4-21-20(23-17(2)12-14-27(3,25)26)22-15-19-11-8-13-24(19)16-18-9-6-5-7-10-18/h5-7,9-10,17,19H,4,8,11-16H2,1-3H3,(H2,21,22,23). The highest BCUT2D eigenvalue weighted by molar-refractivity contribution is 7.90. The van der Waals surface area contributed by atoms with E-state index in [4.69, 9.17) is 4.99 Å². The molecule has 0 radical (unpaired) electrons. The summed E-state index contributed by atoms with van der Waals surface area (Å²) < 4.78 is 22.7. The van der Waals surface area contributed by atoms with Crippen molar-refractivity contribution in [3.63, 3.8) is 0 Å². The molecule has 1 aromatic carbocycles. The number of hydrogen-bond acceptors (Lipinski definition) is 4. The Balaban J connectivity index is 1.90. The van der Waals surface area contributed by atoms with Crippen molar-refractivity contribution in [1.29, 1.82) is 0 Å². The largest absolute Gasteiger partial charge is 0.357 e. The van der Waals surface area contributed by atoms with Crippen LogP contribution in [0.3, 0.4) is 0 Å². The van der Waals surface area contributed by atoms with Crippen LogP contribution in [0.5, 0.6) is 0 Å². The number of guanidine groups is 1. The zero-order valence-electron chi connectivity index (χ0n) is 16.8. The zero-order chi connectivity index (χ0) is 19.7. The Kier molecular flexibility index (Phi) is 8.57. The molecule has 7 heteroatoms. The highest BCUT2D eigenvalue weighted by Gasteiger charge is 2.24. The summed E-state index contributed by atoms with van der Waals surface area (Å²) in [6.45, 7) is 7.65. The molecule has 0 bridgehead atoms. The number of aliphatic imine (C=N–C) groups is 1. The minimum absolute atomic E-state index is 0.0570. The van der Waals surface area contributed by atoms with E-state index in [2.05, 4.69) is 45.9 Å². The summed E-state index contributed by atoms with van der Waals surface area (Å²) in [5.41, 5.74) is 1.34. The second-order valence-corrected chi connectivity index (χ2v) is 9.70. The molecule has 1 aromatic rings. The average Bonchev–Trinajstić information content (AvgIpc) is 3.05. The van der Waals surface area contributed by atoms with Gasteiger partial charge in [-0.3, -0.25) is 9.89 Å². The van der Waals surface area contributed by atoms with E-state index in [1.54, 1.807) is 0 Å². The van der Waals surface area contributed by atoms with E-state index in [1.807, 2.05) is 13.8 Å². The Morgan fingerprint density at radius 1 is 1.33 bits per heavy atom. The third-order valence-corrected chi connectivity index (χ3v) is 5.81. The fourth-order valence-corrected chi connectivity index (χ4v) is 4.12. The number of rotatable bonds is 9. The first kappa shape index (κ1) is 21.7. The molecule has 6 nitrogen and oxygen atoms in total. The van der Waals surface area contributed by atoms with Crippen molar-refractivity contribution in [1.82, 2.24) is 15.5 Å². The topological polar surface area (TPSA) is 73.8 Å². The number of benzene rings is 1. The molecule has 2 rings (SSSR count). The number of nitrogens with zero attached hydrogens (tertiary/aromatic N) is 2. The first-order valence-electron chi connectivity index (χ1n) is 9.88. The Morgan fingerprint density at radius 2 is 2.07 bits per heavy atom. The summed E-state index contributed by atoms with van der Waals surface area (Å²) in [4.78, 5) is 7.28. The van der Waals surface area contributed by atoms with Crippen LogP contribution in [0.15, 0.2) is 35.3 Å². The maximum absolute atomic E-state index is 11.4. The van der Waals surface area contributed by atoms with Crippen LogP contribution in [0.4, 0.5) is 0 Å². The van der Waals surface area contributed by atoms with E-state index in [-0.39, 0.29) is 11.8 Å². The van der Waals surface area contributed by atoms with Gasteiger partial charge in [-0.2, -0.15) is 0 Å². The van der Waals surface area contributed by atoms with E-state index in [0.29, 0.717) is 12.5 Å². The normalized spacial score (nSPS) is 19.8. The molecule has 27 heavy (non-hydrogen) atoms. The van der Waals surface area contributed by atoms with Crippen molar-refractivity contribution < 1.29 is 8.42 Å². The lowest BCUT2D eigenvalue weighted by molar-refractivity contribution is 0.250. The molecule has 1 saturated heterocycles. The number of nitrogens with one attached hydrogen (secondary N) is 2. The Morgan fingerprint density at radius 3 is 2.74 bits per heavy atom. The van der Waals surface area contributed by atoms with Gasteiger partial charge in [-0.05, 0) is 45.2 Å². The summed E-state index contributed by atoms with van der Waals surface area (Å²) in [5.74, 6) is 0.957. The molecule has 1 heterocycles. The predicted molar refractivity (Wildman–Crippen MR) is 113 cm³/mol. The van der Waals surface area contributed by atoms with Crippen LogP contribution in [-0.2, 0) is 16.4 Å². The van der Waals surface area contributed by atoms with Gasteiger partial charge in [0.05, 0.1) is 12.3 Å². The van der Waals surface area contributed by atoms with E-state index in [1.165, 1.54) is 24.7 Å². The molecule has 0 spiro atoms. The highest BCUT2D eigenvalue weighted by atomic mass is 32.2. The van der Waals surface area contributed by atoms with Gasteiger partial charge >= 0.3 is 0 Å². The predicted octanol–water partition coefficient (Wildman–Crippen LogP) is 2.03. The average molecular weight is 395 g/mol. The molecule has 0 aromatic heterocycles. The molecule has 2 unspecified atom stereocenters. The molecule has 0 saturated carbocycles. The monoisotopic (exact) mass is 394 g/mol.